The zero-order valence-corrected chi connectivity index (χ0v) is 24.5. The van der Waals surface area contributed by atoms with E-state index in [-0.39, 0.29) is 52.4 Å². The maximum atomic E-state index is 14.0. The molecule has 0 amide bonds. The molecule has 1 aliphatic heterocycles. The van der Waals surface area contributed by atoms with E-state index in [9.17, 15) is 9.59 Å². The SMILES string of the molecule is CC(=O)OC1CC2(C)C3CCC4C(C)CC=CC45CC35CCC2(C)C1C(C)C(=O)C1OCC(C)C1CCl. The zero-order valence-electron chi connectivity index (χ0n) is 23.7. The number of fused-ring (bicyclic) bond motifs is 2. The van der Waals surface area contributed by atoms with Crippen molar-refractivity contribution in [1.82, 2.24) is 0 Å². The molecular weight excluding hydrogens is 484 g/mol. The number of carbonyl (C=O) groups excluding carboxylic acids is 2. The van der Waals surface area contributed by atoms with Gasteiger partial charge in [0.1, 0.15) is 12.2 Å². The largest absolute Gasteiger partial charge is 0.462 e. The Morgan fingerprint density at radius 2 is 1.89 bits per heavy atom. The van der Waals surface area contributed by atoms with Gasteiger partial charge in [-0.25, -0.2) is 0 Å². The molecular formula is C32H47ClO4. The molecule has 4 nitrogen and oxygen atoms in total. The number of alkyl halides is 1. The first kappa shape index (κ1) is 26.4. The second-order valence-corrected chi connectivity index (χ2v) is 15.0. The minimum Gasteiger partial charge on any atom is -0.462 e. The molecule has 1 saturated heterocycles. The number of Topliss-reactive ketones (excluding diaryl/α,β-unsaturated/α-hetero) is 1. The average Bonchev–Trinajstić information content (AvgIpc) is 3.25. The molecule has 0 bridgehead atoms. The van der Waals surface area contributed by atoms with Gasteiger partial charge in [0, 0.05) is 30.6 Å². The molecule has 4 saturated carbocycles. The highest BCUT2D eigenvalue weighted by molar-refractivity contribution is 6.18. The van der Waals surface area contributed by atoms with Crippen molar-refractivity contribution in [1.29, 1.82) is 0 Å². The number of halogens is 1. The lowest BCUT2D eigenvalue weighted by Crippen LogP contribution is -2.55. The van der Waals surface area contributed by atoms with Gasteiger partial charge in [0.2, 0.25) is 0 Å². The lowest BCUT2D eigenvalue weighted by atomic mass is 9.43. The lowest BCUT2D eigenvalue weighted by molar-refractivity contribution is -0.156. The predicted octanol–water partition coefficient (Wildman–Crippen LogP) is 6.84. The van der Waals surface area contributed by atoms with Crippen molar-refractivity contribution in [3.63, 3.8) is 0 Å². The van der Waals surface area contributed by atoms with Crippen molar-refractivity contribution in [3.8, 4) is 0 Å². The summed E-state index contributed by atoms with van der Waals surface area (Å²) < 4.78 is 12.2. The quantitative estimate of drug-likeness (QED) is 0.222. The minimum atomic E-state index is -0.443. The van der Waals surface area contributed by atoms with Gasteiger partial charge in [0.25, 0.3) is 0 Å². The Hall–Kier alpha value is -0.870. The Morgan fingerprint density at radius 3 is 2.59 bits per heavy atom. The van der Waals surface area contributed by atoms with Crippen LogP contribution in [-0.2, 0) is 19.1 Å². The van der Waals surface area contributed by atoms with Crippen molar-refractivity contribution in [3.05, 3.63) is 12.2 Å². The van der Waals surface area contributed by atoms with Crippen LogP contribution < -0.4 is 0 Å². The number of ketones is 1. The van der Waals surface area contributed by atoms with Gasteiger partial charge in [-0.3, -0.25) is 9.59 Å². The summed E-state index contributed by atoms with van der Waals surface area (Å²) in [4.78, 5) is 26.4. The maximum absolute atomic E-state index is 14.0. The summed E-state index contributed by atoms with van der Waals surface area (Å²) in [6, 6.07) is 0. The van der Waals surface area contributed by atoms with Crippen molar-refractivity contribution >= 4 is 23.4 Å². The van der Waals surface area contributed by atoms with Gasteiger partial charge in [-0.1, -0.05) is 46.8 Å². The van der Waals surface area contributed by atoms with Gasteiger partial charge in [-0.05, 0) is 90.3 Å². The second-order valence-electron chi connectivity index (χ2n) is 14.7. The van der Waals surface area contributed by atoms with Crippen LogP contribution in [0.3, 0.4) is 0 Å². The fourth-order valence-electron chi connectivity index (χ4n) is 11.5. The first-order valence-corrected chi connectivity index (χ1v) is 15.6. The van der Waals surface area contributed by atoms with Crippen LogP contribution in [0, 0.1) is 63.1 Å². The fourth-order valence-corrected chi connectivity index (χ4v) is 12.0. The number of hydrogen-bond acceptors (Lipinski definition) is 4. The van der Waals surface area contributed by atoms with Crippen LogP contribution in [0.25, 0.3) is 0 Å². The smallest absolute Gasteiger partial charge is 0.302 e. The first-order valence-electron chi connectivity index (χ1n) is 15.0. The maximum Gasteiger partial charge on any atom is 0.302 e. The normalized spacial score (nSPS) is 54.5. The van der Waals surface area contributed by atoms with Crippen LogP contribution in [-0.4, -0.2) is 36.4 Å². The molecule has 37 heavy (non-hydrogen) atoms. The fraction of sp³-hybridized carbons (Fsp3) is 0.875. The van der Waals surface area contributed by atoms with Crippen molar-refractivity contribution in [2.45, 2.75) is 98.7 Å². The van der Waals surface area contributed by atoms with E-state index in [4.69, 9.17) is 21.1 Å². The molecule has 2 spiro atoms. The molecule has 6 rings (SSSR count). The van der Waals surface area contributed by atoms with E-state index < -0.39 is 6.10 Å². The molecule has 206 valence electrons. The lowest BCUT2D eigenvalue weighted by Gasteiger charge is -2.61. The van der Waals surface area contributed by atoms with Gasteiger partial charge >= 0.3 is 5.97 Å². The molecule has 0 aromatic heterocycles. The van der Waals surface area contributed by atoms with E-state index in [0.29, 0.717) is 29.2 Å². The Kier molecular flexibility index (Phi) is 6.10. The highest BCUT2D eigenvalue weighted by Crippen LogP contribution is 2.87. The Balaban J connectivity index is 1.35. The summed E-state index contributed by atoms with van der Waals surface area (Å²) in [6.07, 6.45) is 12.8. The number of carbonyl (C=O) groups is 2. The van der Waals surface area contributed by atoms with Gasteiger partial charge in [-0.2, -0.15) is 0 Å². The third-order valence-electron chi connectivity index (χ3n) is 13.5. The molecule has 5 fully saturated rings. The number of allylic oxidation sites excluding steroid dienone is 2. The summed E-state index contributed by atoms with van der Waals surface area (Å²) in [5.41, 5.74) is 0.768. The van der Waals surface area contributed by atoms with Crippen LogP contribution >= 0.6 is 11.6 Å². The van der Waals surface area contributed by atoms with Gasteiger partial charge in [0.05, 0.1) is 6.61 Å². The molecule has 13 unspecified atom stereocenters. The summed E-state index contributed by atoms with van der Waals surface area (Å²) in [5.74, 6) is 2.71. The average molecular weight is 531 g/mol. The van der Waals surface area contributed by atoms with Crippen LogP contribution in [0.15, 0.2) is 12.2 Å². The zero-order chi connectivity index (χ0) is 26.5. The van der Waals surface area contributed by atoms with Gasteiger partial charge in [-0.15, -0.1) is 11.6 Å². The number of esters is 1. The highest BCUT2D eigenvalue weighted by atomic mass is 35.5. The molecule has 0 aromatic carbocycles. The highest BCUT2D eigenvalue weighted by Gasteiger charge is 2.81. The summed E-state index contributed by atoms with van der Waals surface area (Å²) >= 11 is 6.32. The first-order chi connectivity index (χ1) is 17.5. The number of hydrogen-bond donors (Lipinski definition) is 0. The third kappa shape index (κ3) is 3.30. The standard InChI is InChI=1S/C32H47ClO4/c1-18-8-7-11-31-17-32(31)13-12-29(5)26(20(3)27(35)28-22(15-33)19(2)16-36-28)24(37-21(4)34)14-30(29,6)25(32)10-9-23(18)31/h7,11,18-20,22-26,28H,8-10,12-17H2,1-6H3. The van der Waals surface area contributed by atoms with Crippen LogP contribution in [0.1, 0.15) is 86.5 Å². The van der Waals surface area contributed by atoms with E-state index in [2.05, 4.69) is 46.8 Å². The minimum absolute atomic E-state index is 0.00924. The summed E-state index contributed by atoms with van der Waals surface area (Å²) in [7, 11) is 0. The van der Waals surface area contributed by atoms with Crippen molar-refractivity contribution in [2.75, 3.05) is 12.5 Å². The van der Waals surface area contributed by atoms with E-state index in [1.54, 1.807) is 0 Å². The summed E-state index contributed by atoms with van der Waals surface area (Å²) in [6.45, 7) is 13.7. The van der Waals surface area contributed by atoms with E-state index >= 15 is 0 Å². The van der Waals surface area contributed by atoms with Gasteiger partial charge < -0.3 is 9.47 Å². The van der Waals surface area contributed by atoms with E-state index in [1.807, 2.05) is 0 Å². The van der Waals surface area contributed by atoms with Crippen LogP contribution in [0.4, 0.5) is 0 Å². The molecule has 13 atom stereocenters. The number of ether oxygens (including phenoxy) is 2. The molecule has 0 aromatic rings. The van der Waals surface area contributed by atoms with Crippen molar-refractivity contribution < 1.29 is 19.1 Å². The molecule has 0 N–H and O–H groups in total. The molecule has 5 heteroatoms. The Labute approximate surface area is 228 Å². The van der Waals surface area contributed by atoms with E-state index in [0.717, 1.165) is 24.7 Å². The Bertz CT molecular complexity index is 1010. The molecule has 1 heterocycles. The van der Waals surface area contributed by atoms with Crippen molar-refractivity contribution in [2.24, 2.45) is 63.1 Å². The monoisotopic (exact) mass is 530 g/mol. The molecule has 5 aliphatic carbocycles. The summed E-state index contributed by atoms with van der Waals surface area (Å²) in [5, 5.41) is 0. The third-order valence-corrected chi connectivity index (χ3v) is 13.8. The Morgan fingerprint density at radius 1 is 1.14 bits per heavy atom. The molecule has 0 radical (unpaired) electrons. The van der Waals surface area contributed by atoms with Crippen LogP contribution in [0.2, 0.25) is 0 Å². The van der Waals surface area contributed by atoms with Gasteiger partial charge in [0.15, 0.2) is 5.78 Å². The van der Waals surface area contributed by atoms with E-state index in [1.165, 1.54) is 39.0 Å². The predicted molar refractivity (Wildman–Crippen MR) is 145 cm³/mol. The topological polar surface area (TPSA) is 52.6 Å². The van der Waals surface area contributed by atoms with Crippen LogP contribution in [0.5, 0.6) is 0 Å². The second kappa shape index (κ2) is 8.56. The molecule has 6 aliphatic rings. The number of rotatable bonds is 5.